The van der Waals surface area contributed by atoms with Crippen molar-refractivity contribution in [3.05, 3.63) is 60.3 Å². The first kappa shape index (κ1) is 16.8. The van der Waals surface area contributed by atoms with Gasteiger partial charge in [-0.05, 0) is 61.4 Å². The minimum atomic E-state index is -4.29. The molecule has 4 rings (SSSR count). The number of nitrogens with two attached hydrogens (primary N) is 1. The van der Waals surface area contributed by atoms with Crippen LogP contribution in [0.3, 0.4) is 0 Å². The molecule has 0 unspecified atom stereocenters. The molecule has 1 fully saturated rings. The predicted molar refractivity (Wildman–Crippen MR) is 98.3 cm³/mol. The van der Waals surface area contributed by atoms with Crippen molar-refractivity contribution in [3.8, 4) is 0 Å². The highest BCUT2D eigenvalue weighted by molar-refractivity contribution is 5.83. The summed E-state index contributed by atoms with van der Waals surface area (Å²) in [6.45, 7) is 1.65. The van der Waals surface area contributed by atoms with Gasteiger partial charge in [0.15, 0.2) is 0 Å². The SMILES string of the molecule is Nc1ccc2c(ccn2C2CCN(c3ccc(C(F)(F)F)cc3)CC2)c1. The Balaban J connectivity index is 1.47. The Morgan fingerprint density at radius 1 is 0.923 bits per heavy atom. The zero-order valence-corrected chi connectivity index (χ0v) is 14.2. The standard InChI is InChI=1S/C20H20F3N3/c21-20(22,23)15-1-4-17(5-2-15)25-10-8-18(9-11-25)26-12-7-14-13-16(24)3-6-19(14)26/h1-7,12-13,18H,8-11,24H2. The molecule has 0 spiro atoms. The Hall–Kier alpha value is -2.63. The molecule has 1 aliphatic heterocycles. The number of rotatable bonds is 2. The quantitative estimate of drug-likeness (QED) is 0.647. The van der Waals surface area contributed by atoms with Crippen molar-refractivity contribution >= 4 is 22.3 Å². The third-order valence-electron chi connectivity index (χ3n) is 5.16. The van der Waals surface area contributed by atoms with Gasteiger partial charge in [0, 0.05) is 47.6 Å². The van der Waals surface area contributed by atoms with Crippen LogP contribution in [0.2, 0.25) is 0 Å². The van der Waals surface area contributed by atoms with E-state index in [0.717, 1.165) is 54.8 Å². The number of alkyl halides is 3. The Morgan fingerprint density at radius 3 is 2.27 bits per heavy atom. The largest absolute Gasteiger partial charge is 0.416 e. The number of anilines is 2. The van der Waals surface area contributed by atoms with Gasteiger partial charge in [0.05, 0.1) is 5.56 Å². The number of nitrogens with zero attached hydrogens (tertiary/aromatic N) is 2. The number of nitrogen functional groups attached to an aromatic ring is 1. The van der Waals surface area contributed by atoms with Crippen molar-refractivity contribution in [2.24, 2.45) is 0 Å². The van der Waals surface area contributed by atoms with E-state index in [1.54, 1.807) is 12.1 Å². The van der Waals surface area contributed by atoms with Crippen LogP contribution in [0, 0.1) is 0 Å². The molecule has 6 heteroatoms. The van der Waals surface area contributed by atoms with Crippen molar-refractivity contribution in [2.75, 3.05) is 23.7 Å². The van der Waals surface area contributed by atoms with E-state index < -0.39 is 11.7 Å². The summed E-state index contributed by atoms with van der Waals surface area (Å²) in [6.07, 6.45) is -0.280. The van der Waals surface area contributed by atoms with E-state index in [1.165, 1.54) is 5.52 Å². The maximum absolute atomic E-state index is 12.7. The molecule has 26 heavy (non-hydrogen) atoms. The van der Waals surface area contributed by atoms with Gasteiger partial charge in [0.2, 0.25) is 0 Å². The Kier molecular flexibility index (Phi) is 4.05. The summed E-state index contributed by atoms with van der Waals surface area (Å²) in [6, 6.07) is 13.9. The normalized spacial score (nSPS) is 16.3. The van der Waals surface area contributed by atoms with Crippen LogP contribution in [-0.2, 0) is 6.18 Å². The number of hydrogen-bond donors (Lipinski definition) is 1. The third-order valence-corrected chi connectivity index (χ3v) is 5.16. The van der Waals surface area contributed by atoms with E-state index in [4.69, 9.17) is 5.73 Å². The molecule has 0 saturated carbocycles. The van der Waals surface area contributed by atoms with Crippen molar-refractivity contribution < 1.29 is 13.2 Å². The topological polar surface area (TPSA) is 34.2 Å². The summed E-state index contributed by atoms with van der Waals surface area (Å²) in [5.41, 5.74) is 8.02. The Labute approximate surface area is 149 Å². The molecule has 0 amide bonds. The molecular formula is C20H20F3N3. The zero-order valence-electron chi connectivity index (χ0n) is 14.2. The van der Waals surface area contributed by atoms with Gasteiger partial charge < -0.3 is 15.2 Å². The zero-order chi connectivity index (χ0) is 18.3. The average molecular weight is 359 g/mol. The van der Waals surface area contributed by atoms with Crippen LogP contribution >= 0.6 is 0 Å². The molecular weight excluding hydrogens is 339 g/mol. The number of aromatic nitrogens is 1. The number of halogens is 3. The molecule has 2 N–H and O–H groups in total. The predicted octanol–water partition coefficient (Wildman–Crippen LogP) is 5.08. The fourth-order valence-electron chi connectivity index (χ4n) is 3.76. The van der Waals surface area contributed by atoms with Gasteiger partial charge in [0.1, 0.15) is 0 Å². The molecule has 3 aromatic rings. The van der Waals surface area contributed by atoms with Crippen LogP contribution in [0.5, 0.6) is 0 Å². The lowest BCUT2D eigenvalue weighted by Gasteiger charge is -2.34. The summed E-state index contributed by atoms with van der Waals surface area (Å²) in [5, 5.41) is 1.13. The van der Waals surface area contributed by atoms with E-state index >= 15 is 0 Å². The summed E-state index contributed by atoms with van der Waals surface area (Å²) in [5.74, 6) is 0. The summed E-state index contributed by atoms with van der Waals surface area (Å²) >= 11 is 0. The second kappa shape index (κ2) is 6.27. The van der Waals surface area contributed by atoms with Crippen LogP contribution < -0.4 is 10.6 Å². The highest BCUT2D eigenvalue weighted by Crippen LogP contribution is 2.33. The van der Waals surface area contributed by atoms with Crippen molar-refractivity contribution in [3.63, 3.8) is 0 Å². The van der Waals surface area contributed by atoms with Crippen LogP contribution in [0.1, 0.15) is 24.4 Å². The first-order valence-electron chi connectivity index (χ1n) is 8.70. The monoisotopic (exact) mass is 359 g/mol. The van der Waals surface area contributed by atoms with Gasteiger partial charge in [-0.2, -0.15) is 13.2 Å². The third kappa shape index (κ3) is 3.11. The lowest BCUT2D eigenvalue weighted by molar-refractivity contribution is -0.137. The van der Waals surface area contributed by atoms with Gasteiger partial charge >= 0.3 is 6.18 Å². The molecule has 0 radical (unpaired) electrons. The van der Waals surface area contributed by atoms with Gasteiger partial charge in [-0.1, -0.05) is 0 Å². The second-order valence-corrected chi connectivity index (χ2v) is 6.80. The number of benzene rings is 2. The van der Waals surface area contributed by atoms with E-state index in [2.05, 4.69) is 21.7 Å². The summed E-state index contributed by atoms with van der Waals surface area (Å²) in [7, 11) is 0. The number of fused-ring (bicyclic) bond motifs is 1. The molecule has 0 atom stereocenters. The molecule has 1 aromatic heterocycles. The van der Waals surface area contributed by atoms with Crippen molar-refractivity contribution in [1.29, 1.82) is 0 Å². The number of hydrogen-bond acceptors (Lipinski definition) is 2. The maximum atomic E-state index is 12.7. The van der Waals surface area contributed by atoms with E-state index in [-0.39, 0.29) is 0 Å². The van der Waals surface area contributed by atoms with Gasteiger partial charge in [-0.25, -0.2) is 0 Å². The fraction of sp³-hybridized carbons (Fsp3) is 0.300. The molecule has 0 bridgehead atoms. The van der Waals surface area contributed by atoms with E-state index in [9.17, 15) is 13.2 Å². The lowest BCUT2D eigenvalue weighted by atomic mass is 10.0. The van der Waals surface area contributed by atoms with Crippen LogP contribution in [0.4, 0.5) is 24.5 Å². The molecule has 2 heterocycles. The van der Waals surface area contributed by atoms with Gasteiger partial charge in [-0.3, -0.25) is 0 Å². The Bertz CT molecular complexity index is 904. The van der Waals surface area contributed by atoms with Crippen LogP contribution in [-0.4, -0.2) is 17.7 Å². The minimum Gasteiger partial charge on any atom is -0.399 e. The smallest absolute Gasteiger partial charge is 0.399 e. The molecule has 1 saturated heterocycles. The van der Waals surface area contributed by atoms with E-state index in [1.807, 2.05) is 18.2 Å². The number of piperidine rings is 1. The molecule has 3 nitrogen and oxygen atoms in total. The van der Waals surface area contributed by atoms with Crippen LogP contribution in [0.25, 0.3) is 10.9 Å². The highest BCUT2D eigenvalue weighted by Gasteiger charge is 2.30. The Morgan fingerprint density at radius 2 is 1.62 bits per heavy atom. The maximum Gasteiger partial charge on any atom is 0.416 e. The first-order valence-corrected chi connectivity index (χ1v) is 8.70. The van der Waals surface area contributed by atoms with E-state index in [0.29, 0.717) is 6.04 Å². The van der Waals surface area contributed by atoms with Crippen molar-refractivity contribution in [2.45, 2.75) is 25.1 Å². The fourth-order valence-corrected chi connectivity index (χ4v) is 3.76. The minimum absolute atomic E-state index is 0.391. The van der Waals surface area contributed by atoms with Crippen LogP contribution in [0.15, 0.2) is 54.7 Å². The summed E-state index contributed by atoms with van der Waals surface area (Å²) < 4.78 is 40.4. The lowest BCUT2D eigenvalue weighted by Crippen LogP contribution is -2.34. The van der Waals surface area contributed by atoms with Gasteiger partial charge in [0.25, 0.3) is 0 Å². The molecule has 0 aliphatic carbocycles. The molecule has 1 aliphatic rings. The molecule has 2 aromatic carbocycles. The first-order chi connectivity index (χ1) is 12.4. The summed E-state index contributed by atoms with van der Waals surface area (Å²) in [4.78, 5) is 2.15. The highest BCUT2D eigenvalue weighted by atomic mass is 19.4. The second-order valence-electron chi connectivity index (χ2n) is 6.80. The molecule has 136 valence electrons. The van der Waals surface area contributed by atoms with Crippen molar-refractivity contribution in [1.82, 2.24) is 4.57 Å². The van der Waals surface area contributed by atoms with Gasteiger partial charge in [-0.15, -0.1) is 0 Å². The average Bonchev–Trinajstić information content (AvgIpc) is 3.04.